The molecule has 6 nitrogen and oxygen atoms in total. The summed E-state index contributed by atoms with van der Waals surface area (Å²) in [5.41, 5.74) is 1.47. The number of alkyl halides is 3. The van der Waals surface area contributed by atoms with Gasteiger partial charge in [-0.1, -0.05) is 30.0 Å². The van der Waals surface area contributed by atoms with Gasteiger partial charge in [0.15, 0.2) is 0 Å². The van der Waals surface area contributed by atoms with Crippen molar-refractivity contribution in [2.24, 2.45) is 0 Å². The van der Waals surface area contributed by atoms with E-state index in [-0.39, 0.29) is 6.04 Å². The number of carbonyl (C=O) groups is 2. The monoisotopic (exact) mass is 494 g/mol. The highest BCUT2D eigenvalue weighted by Crippen LogP contribution is 2.44. The lowest BCUT2D eigenvalue weighted by molar-refractivity contribution is -0.137. The number of benzene rings is 2. The molecule has 2 aromatic carbocycles. The Morgan fingerprint density at radius 2 is 1.59 bits per heavy atom. The van der Waals surface area contributed by atoms with Gasteiger partial charge in [-0.05, 0) is 48.9 Å². The van der Waals surface area contributed by atoms with Crippen LogP contribution in [0.1, 0.15) is 22.7 Å². The number of halogens is 3. The third-order valence-electron chi connectivity index (χ3n) is 5.65. The van der Waals surface area contributed by atoms with Gasteiger partial charge in [-0.25, -0.2) is 9.59 Å². The van der Waals surface area contributed by atoms with Crippen molar-refractivity contribution in [2.45, 2.75) is 28.4 Å². The van der Waals surface area contributed by atoms with Crippen molar-refractivity contribution in [1.82, 2.24) is 9.80 Å². The molecule has 0 spiro atoms. The highest BCUT2D eigenvalue weighted by Gasteiger charge is 2.34. The molecule has 0 radical (unpaired) electrons. The summed E-state index contributed by atoms with van der Waals surface area (Å²) < 4.78 is 39.9. The Balaban J connectivity index is 0.000000350. The predicted octanol–water partition coefficient (Wildman–Crippen LogP) is 4.41. The average Bonchev–Trinajstić information content (AvgIpc) is 2.94. The average molecular weight is 495 g/mol. The first-order valence-electron chi connectivity index (χ1n) is 10.6. The minimum atomic E-state index is -4.31. The summed E-state index contributed by atoms with van der Waals surface area (Å²) in [6.45, 7) is 3.65. The minimum Gasteiger partial charge on any atom is -0.478 e. The molecule has 1 saturated heterocycles. The van der Waals surface area contributed by atoms with Crippen LogP contribution in [0.3, 0.4) is 0 Å². The summed E-state index contributed by atoms with van der Waals surface area (Å²) >= 11 is 1.59. The number of aliphatic carboxylic acids is 2. The van der Waals surface area contributed by atoms with Crippen LogP contribution < -0.4 is 0 Å². The van der Waals surface area contributed by atoms with Gasteiger partial charge in [0.1, 0.15) is 0 Å². The first-order chi connectivity index (χ1) is 16.0. The van der Waals surface area contributed by atoms with E-state index >= 15 is 0 Å². The number of hydrogen-bond acceptors (Lipinski definition) is 5. The number of carboxylic acids is 2. The maximum atomic E-state index is 13.3. The van der Waals surface area contributed by atoms with E-state index < -0.39 is 23.7 Å². The van der Waals surface area contributed by atoms with E-state index in [1.165, 1.54) is 17.7 Å². The van der Waals surface area contributed by atoms with E-state index in [9.17, 15) is 22.8 Å². The van der Waals surface area contributed by atoms with Crippen molar-refractivity contribution in [1.29, 1.82) is 0 Å². The molecular weight excluding hydrogens is 469 g/mol. The minimum absolute atomic E-state index is 0.0165. The van der Waals surface area contributed by atoms with Crippen LogP contribution >= 0.6 is 11.8 Å². The molecule has 4 rings (SSSR count). The van der Waals surface area contributed by atoms with E-state index in [1.807, 2.05) is 12.1 Å². The van der Waals surface area contributed by atoms with E-state index in [4.69, 9.17) is 10.2 Å². The second kappa shape index (κ2) is 11.1. The molecule has 34 heavy (non-hydrogen) atoms. The van der Waals surface area contributed by atoms with Crippen LogP contribution in [0.2, 0.25) is 0 Å². The lowest BCUT2D eigenvalue weighted by atomic mass is 9.95. The number of hydrogen-bond donors (Lipinski definition) is 2. The Bertz CT molecular complexity index is 1050. The molecule has 0 bridgehead atoms. The van der Waals surface area contributed by atoms with Gasteiger partial charge in [0.25, 0.3) is 0 Å². The van der Waals surface area contributed by atoms with Gasteiger partial charge >= 0.3 is 18.1 Å². The topological polar surface area (TPSA) is 81.1 Å². The number of nitrogens with zero attached hydrogens (tertiary/aromatic N) is 2. The molecule has 2 aliphatic heterocycles. The van der Waals surface area contributed by atoms with E-state index in [0.29, 0.717) is 12.2 Å². The molecule has 0 amide bonds. The van der Waals surface area contributed by atoms with Crippen LogP contribution in [0.15, 0.2) is 64.4 Å². The summed E-state index contributed by atoms with van der Waals surface area (Å²) in [7, 11) is 2.09. The van der Waals surface area contributed by atoms with Gasteiger partial charge in [-0.3, -0.25) is 4.90 Å². The Morgan fingerprint density at radius 1 is 0.971 bits per heavy atom. The first kappa shape index (κ1) is 25.8. The zero-order chi connectivity index (χ0) is 24.9. The number of rotatable bonds is 3. The van der Waals surface area contributed by atoms with Crippen LogP contribution in [-0.4, -0.2) is 65.2 Å². The fourth-order valence-electron chi connectivity index (χ4n) is 3.89. The predicted molar refractivity (Wildman–Crippen MR) is 122 cm³/mol. The summed E-state index contributed by atoms with van der Waals surface area (Å²) in [4.78, 5) is 25.8. The Kier molecular flexibility index (Phi) is 8.40. The van der Waals surface area contributed by atoms with Crippen LogP contribution in [0.5, 0.6) is 0 Å². The molecular formula is C24H25F3N2O4S. The van der Waals surface area contributed by atoms with Crippen molar-refractivity contribution in [3.05, 3.63) is 71.3 Å². The third-order valence-corrected chi connectivity index (χ3v) is 6.86. The summed E-state index contributed by atoms with van der Waals surface area (Å²) in [6.07, 6.45) is -2.45. The Hall–Kier alpha value is -2.82. The van der Waals surface area contributed by atoms with Gasteiger partial charge < -0.3 is 15.1 Å². The Morgan fingerprint density at radius 3 is 2.18 bits per heavy atom. The van der Waals surface area contributed by atoms with Crippen molar-refractivity contribution in [2.75, 3.05) is 33.2 Å². The molecule has 1 unspecified atom stereocenters. The van der Waals surface area contributed by atoms with E-state index in [1.54, 1.807) is 17.8 Å². The molecule has 1 atom stereocenters. The smallest absolute Gasteiger partial charge is 0.416 e. The maximum Gasteiger partial charge on any atom is 0.416 e. The van der Waals surface area contributed by atoms with Crippen LogP contribution in [0, 0.1) is 0 Å². The normalized spacial score (nSPS) is 18.9. The highest BCUT2D eigenvalue weighted by molar-refractivity contribution is 7.99. The SMILES string of the molecule is CN1CCN(C2Cc3ccccc3Sc3ccc(C(F)(F)F)cc32)CC1.O=C(O)/C=C/C(=O)O. The molecule has 0 aliphatic carbocycles. The fraction of sp³-hybridized carbons (Fsp3) is 0.333. The largest absolute Gasteiger partial charge is 0.478 e. The molecule has 2 aromatic rings. The van der Waals surface area contributed by atoms with Gasteiger partial charge in [-0.15, -0.1) is 0 Å². The highest BCUT2D eigenvalue weighted by atomic mass is 32.2. The third kappa shape index (κ3) is 6.85. The summed E-state index contributed by atoms with van der Waals surface area (Å²) in [5, 5.41) is 15.6. The molecule has 2 aliphatic rings. The van der Waals surface area contributed by atoms with Gasteiger partial charge in [-0.2, -0.15) is 13.2 Å². The zero-order valence-electron chi connectivity index (χ0n) is 18.5. The lowest BCUT2D eigenvalue weighted by Crippen LogP contribution is -2.46. The number of piperazine rings is 1. The quantitative estimate of drug-likeness (QED) is 0.612. The van der Waals surface area contributed by atoms with Crippen LogP contribution in [0.25, 0.3) is 0 Å². The maximum absolute atomic E-state index is 13.3. The molecule has 2 heterocycles. The summed E-state index contributed by atoms with van der Waals surface area (Å²) in [5.74, 6) is -2.51. The van der Waals surface area contributed by atoms with E-state index in [0.717, 1.165) is 48.0 Å². The molecule has 1 fully saturated rings. The van der Waals surface area contributed by atoms with Crippen molar-refractivity contribution in [3.8, 4) is 0 Å². The molecule has 0 aromatic heterocycles. The fourth-order valence-corrected chi connectivity index (χ4v) is 5.00. The molecule has 0 saturated carbocycles. The van der Waals surface area contributed by atoms with E-state index in [2.05, 4.69) is 29.0 Å². The van der Waals surface area contributed by atoms with Gasteiger partial charge in [0.05, 0.1) is 5.56 Å². The molecule has 10 heteroatoms. The van der Waals surface area contributed by atoms with Crippen molar-refractivity contribution in [3.63, 3.8) is 0 Å². The number of carboxylic acid groups (broad SMARTS) is 2. The lowest BCUT2D eigenvalue weighted by Gasteiger charge is -2.38. The van der Waals surface area contributed by atoms with Gasteiger partial charge in [0, 0.05) is 54.2 Å². The van der Waals surface area contributed by atoms with Gasteiger partial charge in [0.2, 0.25) is 0 Å². The zero-order valence-corrected chi connectivity index (χ0v) is 19.3. The molecule has 182 valence electrons. The molecule has 2 N–H and O–H groups in total. The van der Waals surface area contributed by atoms with Crippen LogP contribution in [0.4, 0.5) is 13.2 Å². The van der Waals surface area contributed by atoms with Crippen molar-refractivity contribution < 1.29 is 33.0 Å². The summed E-state index contributed by atoms with van der Waals surface area (Å²) in [6, 6.07) is 12.4. The standard InChI is InChI=1S/C20H21F3N2S.C4H4O4/c1-24-8-10-25(11-9-24)17-12-14-4-2-3-5-18(14)26-19-7-6-15(13-16(17)19)20(21,22)23;5-3(6)1-2-4(7)8/h2-7,13,17H,8-12H2,1H3;1-2H,(H,5,6)(H,7,8)/b;2-1+. The second-order valence-corrected chi connectivity index (χ2v) is 9.11. The first-order valence-corrected chi connectivity index (χ1v) is 11.4. The second-order valence-electron chi connectivity index (χ2n) is 8.03. The number of likely N-dealkylation sites (N-methyl/N-ethyl adjacent to an activating group) is 1. The number of fused-ring (bicyclic) bond motifs is 2. The van der Waals surface area contributed by atoms with Crippen LogP contribution in [-0.2, 0) is 22.2 Å². The Labute approximate surface area is 199 Å². The van der Waals surface area contributed by atoms with Crippen molar-refractivity contribution >= 4 is 23.7 Å².